The van der Waals surface area contributed by atoms with E-state index in [1.165, 1.54) is 24.3 Å². The van der Waals surface area contributed by atoms with Gasteiger partial charge in [-0.25, -0.2) is 4.79 Å². The number of nitro benzene ring substituents is 1. The lowest BCUT2D eigenvalue weighted by Crippen LogP contribution is -2.21. The molecule has 0 N–H and O–H groups in total. The molecule has 1 aromatic carbocycles. The molecule has 0 bridgehead atoms. The zero-order chi connectivity index (χ0) is 15.1. The van der Waals surface area contributed by atoms with Gasteiger partial charge >= 0.3 is 6.16 Å². The lowest BCUT2D eigenvalue weighted by molar-refractivity contribution is -0.384. The van der Waals surface area contributed by atoms with Crippen LogP contribution < -0.4 is 4.74 Å². The Morgan fingerprint density at radius 1 is 1.14 bits per heavy atom. The molecule has 0 aliphatic heterocycles. The Balaban J connectivity index is 1.85. The van der Waals surface area contributed by atoms with Gasteiger partial charge in [-0.3, -0.25) is 10.1 Å². The van der Waals surface area contributed by atoms with Gasteiger partial charge in [0.2, 0.25) is 0 Å². The Hall–Kier alpha value is -2.37. The van der Waals surface area contributed by atoms with Crippen molar-refractivity contribution in [3.8, 4) is 5.75 Å². The largest absolute Gasteiger partial charge is 0.514 e. The van der Waals surface area contributed by atoms with Crippen LogP contribution in [0.25, 0.3) is 0 Å². The summed E-state index contributed by atoms with van der Waals surface area (Å²) in [6.07, 6.45) is 7.80. The third kappa shape index (κ3) is 4.91. The number of non-ortho nitro benzene ring substituents is 1. The fraction of sp³-hybridized carbons (Fsp3) is 0.400. The van der Waals surface area contributed by atoms with E-state index >= 15 is 0 Å². The van der Waals surface area contributed by atoms with Crippen LogP contribution in [-0.4, -0.2) is 17.2 Å². The summed E-state index contributed by atoms with van der Waals surface area (Å²) in [6, 6.07) is 5.31. The Morgan fingerprint density at radius 3 is 2.57 bits per heavy atom. The molecule has 1 atom stereocenters. The summed E-state index contributed by atoms with van der Waals surface area (Å²) in [6.45, 7) is 0. The van der Waals surface area contributed by atoms with Gasteiger partial charge in [-0.2, -0.15) is 0 Å². The lowest BCUT2D eigenvalue weighted by atomic mass is 10.0. The van der Waals surface area contributed by atoms with Crippen LogP contribution in [0.4, 0.5) is 10.5 Å². The molecular formula is C15H17NO5. The summed E-state index contributed by atoms with van der Waals surface area (Å²) in [5.41, 5.74) is -0.0532. The second kappa shape index (κ2) is 7.42. The molecule has 0 unspecified atom stereocenters. The van der Waals surface area contributed by atoms with Crippen molar-refractivity contribution in [3.05, 3.63) is 46.5 Å². The molecule has 0 heterocycles. The smallest absolute Gasteiger partial charge is 0.431 e. The van der Waals surface area contributed by atoms with Crippen LogP contribution in [0.2, 0.25) is 0 Å². The summed E-state index contributed by atoms with van der Waals surface area (Å²) in [5, 5.41) is 10.5. The van der Waals surface area contributed by atoms with Crippen LogP contribution in [0.1, 0.15) is 32.1 Å². The van der Waals surface area contributed by atoms with E-state index in [0.29, 0.717) is 0 Å². The standard InChI is InChI=1S/C15H17NO5/c17-15(20-13-6-4-2-1-3-5-7-13)21-14-10-8-12(9-11-14)16(18)19/h1-2,8-11,13H,3-7H2/b2-1+/t13-/m0/s1. The van der Waals surface area contributed by atoms with Crippen LogP contribution in [0.5, 0.6) is 5.75 Å². The molecule has 0 radical (unpaired) electrons. The average molecular weight is 291 g/mol. The molecule has 0 amide bonds. The molecule has 2 rings (SSSR count). The Labute approximate surface area is 122 Å². The van der Waals surface area contributed by atoms with E-state index in [4.69, 9.17) is 9.47 Å². The highest BCUT2D eigenvalue weighted by atomic mass is 16.7. The van der Waals surface area contributed by atoms with E-state index in [0.717, 1.165) is 32.1 Å². The van der Waals surface area contributed by atoms with Crippen LogP contribution in [-0.2, 0) is 4.74 Å². The Bertz CT molecular complexity index is 523. The highest BCUT2D eigenvalue weighted by molar-refractivity contribution is 5.64. The summed E-state index contributed by atoms with van der Waals surface area (Å²) < 4.78 is 10.3. The maximum absolute atomic E-state index is 11.7. The minimum atomic E-state index is -0.765. The molecule has 0 saturated heterocycles. The third-order valence-corrected chi connectivity index (χ3v) is 3.23. The van der Waals surface area contributed by atoms with Crippen molar-refractivity contribution >= 4 is 11.8 Å². The minimum absolute atomic E-state index is 0.0532. The molecule has 0 fully saturated rings. The molecule has 1 aliphatic carbocycles. The summed E-state index contributed by atoms with van der Waals surface area (Å²) >= 11 is 0. The monoisotopic (exact) mass is 291 g/mol. The van der Waals surface area contributed by atoms with Gasteiger partial charge in [-0.05, 0) is 44.2 Å². The third-order valence-electron chi connectivity index (χ3n) is 3.23. The fourth-order valence-electron chi connectivity index (χ4n) is 2.14. The molecule has 0 saturated carbocycles. The van der Waals surface area contributed by atoms with Crippen LogP contribution >= 0.6 is 0 Å². The van der Waals surface area contributed by atoms with E-state index in [1.54, 1.807) is 0 Å². The topological polar surface area (TPSA) is 78.7 Å². The van der Waals surface area contributed by atoms with Crippen molar-refractivity contribution in [2.24, 2.45) is 0 Å². The lowest BCUT2D eigenvalue weighted by Gasteiger charge is -2.17. The minimum Gasteiger partial charge on any atom is -0.431 e. The van der Waals surface area contributed by atoms with Gasteiger partial charge < -0.3 is 9.47 Å². The second-order valence-electron chi connectivity index (χ2n) is 4.82. The van der Waals surface area contributed by atoms with Gasteiger partial charge in [0, 0.05) is 12.1 Å². The maximum atomic E-state index is 11.7. The highest BCUT2D eigenvalue weighted by Gasteiger charge is 2.16. The quantitative estimate of drug-likeness (QED) is 0.276. The molecular weight excluding hydrogens is 274 g/mol. The van der Waals surface area contributed by atoms with E-state index < -0.39 is 11.1 Å². The molecule has 6 heteroatoms. The number of nitrogens with zero attached hydrogens (tertiary/aromatic N) is 1. The highest BCUT2D eigenvalue weighted by Crippen LogP contribution is 2.20. The van der Waals surface area contributed by atoms with Gasteiger partial charge in [0.25, 0.3) is 5.69 Å². The van der Waals surface area contributed by atoms with Gasteiger partial charge in [-0.15, -0.1) is 0 Å². The first-order chi connectivity index (χ1) is 10.1. The predicted octanol–water partition coefficient (Wildman–Crippen LogP) is 4.00. The maximum Gasteiger partial charge on any atom is 0.514 e. The number of nitro groups is 1. The second-order valence-corrected chi connectivity index (χ2v) is 4.82. The van der Waals surface area contributed by atoms with Gasteiger partial charge in [0.05, 0.1) is 4.92 Å². The predicted molar refractivity (Wildman–Crippen MR) is 76.2 cm³/mol. The van der Waals surface area contributed by atoms with E-state index in [9.17, 15) is 14.9 Å². The van der Waals surface area contributed by atoms with Crippen molar-refractivity contribution in [1.82, 2.24) is 0 Å². The first-order valence-corrected chi connectivity index (χ1v) is 6.93. The number of ether oxygens (including phenoxy) is 2. The SMILES string of the molecule is O=C(Oc1ccc([N+](=O)[O-])cc1)O[C@H]1CC/C=C/CCC1. The van der Waals surface area contributed by atoms with Crippen molar-refractivity contribution in [2.45, 2.75) is 38.2 Å². The van der Waals surface area contributed by atoms with Crippen LogP contribution in [0.15, 0.2) is 36.4 Å². The zero-order valence-corrected chi connectivity index (χ0v) is 11.6. The number of carbonyl (C=O) groups is 1. The number of allylic oxidation sites excluding steroid dienone is 2. The molecule has 112 valence electrons. The Kier molecular flexibility index (Phi) is 5.31. The molecule has 0 aromatic heterocycles. The van der Waals surface area contributed by atoms with Gasteiger partial charge in [-0.1, -0.05) is 12.2 Å². The Morgan fingerprint density at radius 2 is 1.86 bits per heavy atom. The average Bonchev–Trinajstić information content (AvgIpc) is 2.42. The first kappa shape index (κ1) is 15.0. The van der Waals surface area contributed by atoms with Crippen molar-refractivity contribution < 1.29 is 19.2 Å². The molecule has 1 aliphatic rings. The number of hydrogen-bond donors (Lipinski definition) is 0. The summed E-state index contributed by atoms with van der Waals surface area (Å²) in [4.78, 5) is 21.7. The van der Waals surface area contributed by atoms with E-state index in [-0.39, 0.29) is 17.5 Å². The number of hydrogen-bond acceptors (Lipinski definition) is 5. The van der Waals surface area contributed by atoms with E-state index in [1.807, 2.05) is 0 Å². The van der Waals surface area contributed by atoms with Crippen LogP contribution in [0, 0.1) is 10.1 Å². The zero-order valence-electron chi connectivity index (χ0n) is 11.6. The van der Waals surface area contributed by atoms with Crippen molar-refractivity contribution in [1.29, 1.82) is 0 Å². The van der Waals surface area contributed by atoms with Crippen LogP contribution in [0.3, 0.4) is 0 Å². The molecule has 6 nitrogen and oxygen atoms in total. The van der Waals surface area contributed by atoms with Crippen molar-refractivity contribution in [2.75, 3.05) is 0 Å². The van der Waals surface area contributed by atoms with Crippen molar-refractivity contribution in [3.63, 3.8) is 0 Å². The molecule has 21 heavy (non-hydrogen) atoms. The first-order valence-electron chi connectivity index (χ1n) is 6.93. The number of rotatable bonds is 3. The molecule has 1 aromatic rings. The summed E-state index contributed by atoms with van der Waals surface area (Å²) in [5.74, 6) is 0.233. The molecule has 0 spiro atoms. The normalized spacial score (nSPS) is 19.9. The number of carbonyl (C=O) groups excluding carboxylic acids is 1. The van der Waals surface area contributed by atoms with E-state index in [2.05, 4.69) is 12.2 Å². The fourth-order valence-corrected chi connectivity index (χ4v) is 2.14. The number of benzene rings is 1. The van der Waals surface area contributed by atoms with Gasteiger partial charge in [0.15, 0.2) is 0 Å². The summed E-state index contributed by atoms with van der Waals surface area (Å²) in [7, 11) is 0. The van der Waals surface area contributed by atoms with Gasteiger partial charge in [0.1, 0.15) is 11.9 Å².